The lowest BCUT2D eigenvalue weighted by molar-refractivity contribution is -0.132. The summed E-state index contributed by atoms with van der Waals surface area (Å²) in [7, 11) is 1.45. The summed E-state index contributed by atoms with van der Waals surface area (Å²) in [6.07, 6.45) is -3.88. The third kappa shape index (κ3) is 3.83. The first-order chi connectivity index (χ1) is 7.83. The molecule has 92 valence electrons. The fourth-order valence-corrected chi connectivity index (χ4v) is 1.26. The summed E-state index contributed by atoms with van der Waals surface area (Å²) in [5.74, 6) is 0.200. The quantitative estimate of drug-likeness (QED) is 0.882. The maximum atomic E-state index is 12.0. The average molecular weight is 244 g/mol. The van der Waals surface area contributed by atoms with E-state index in [2.05, 4.69) is 4.98 Å². The SMILES string of the molecule is CN(CCC(F)(F)F)c1ncc(N)cc1C#N. The monoisotopic (exact) mass is 244 g/mol. The molecule has 2 N–H and O–H groups in total. The molecule has 0 bridgehead atoms. The van der Waals surface area contributed by atoms with Gasteiger partial charge < -0.3 is 10.6 Å². The number of nitriles is 1. The van der Waals surface area contributed by atoms with Crippen molar-refractivity contribution in [2.75, 3.05) is 24.2 Å². The van der Waals surface area contributed by atoms with Gasteiger partial charge in [-0.2, -0.15) is 18.4 Å². The number of nitrogen functional groups attached to an aromatic ring is 1. The third-order valence-corrected chi connectivity index (χ3v) is 2.10. The minimum Gasteiger partial charge on any atom is -0.397 e. The molecule has 0 aliphatic rings. The van der Waals surface area contributed by atoms with Crippen LogP contribution in [0.1, 0.15) is 12.0 Å². The molecule has 1 heterocycles. The number of halogens is 3. The first-order valence-electron chi connectivity index (χ1n) is 4.77. The van der Waals surface area contributed by atoms with Crippen molar-refractivity contribution in [1.29, 1.82) is 5.26 Å². The molecule has 0 aliphatic heterocycles. The zero-order valence-electron chi connectivity index (χ0n) is 9.12. The molecule has 0 unspecified atom stereocenters. The third-order valence-electron chi connectivity index (χ3n) is 2.10. The first-order valence-corrected chi connectivity index (χ1v) is 4.77. The summed E-state index contributed by atoms with van der Waals surface area (Å²) < 4.78 is 36.1. The van der Waals surface area contributed by atoms with Crippen molar-refractivity contribution < 1.29 is 13.2 Å². The second-order valence-electron chi connectivity index (χ2n) is 3.54. The van der Waals surface area contributed by atoms with E-state index in [1.54, 1.807) is 0 Å². The van der Waals surface area contributed by atoms with Gasteiger partial charge in [-0.25, -0.2) is 4.98 Å². The van der Waals surface area contributed by atoms with Crippen LogP contribution in [0, 0.1) is 11.3 Å². The lowest BCUT2D eigenvalue weighted by Crippen LogP contribution is -2.25. The highest BCUT2D eigenvalue weighted by atomic mass is 19.4. The van der Waals surface area contributed by atoms with Crippen LogP contribution in [0.15, 0.2) is 12.3 Å². The predicted octanol–water partition coefficient (Wildman–Crippen LogP) is 1.92. The Kier molecular flexibility index (Phi) is 3.78. The molecule has 0 aromatic carbocycles. The topological polar surface area (TPSA) is 65.9 Å². The van der Waals surface area contributed by atoms with E-state index < -0.39 is 12.6 Å². The molecule has 1 aromatic rings. The Morgan fingerprint density at radius 3 is 2.71 bits per heavy atom. The maximum Gasteiger partial charge on any atom is 0.390 e. The van der Waals surface area contributed by atoms with Crippen LogP contribution in [0.25, 0.3) is 0 Å². The summed E-state index contributed by atoms with van der Waals surface area (Å²) in [4.78, 5) is 5.14. The number of pyridine rings is 1. The van der Waals surface area contributed by atoms with E-state index in [9.17, 15) is 13.2 Å². The summed E-state index contributed by atoms with van der Waals surface area (Å²) in [5, 5.41) is 8.83. The van der Waals surface area contributed by atoms with Gasteiger partial charge in [0.1, 0.15) is 11.9 Å². The van der Waals surface area contributed by atoms with Crippen molar-refractivity contribution in [2.45, 2.75) is 12.6 Å². The number of aromatic nitrogens is 1. The van der Waals surface area contributed by atoms with E-state index in [4.69, 9.17) is 11.0 Å². The van der Waals surface area contributed by atoms with Crippen LogP contribution >= 0.6 is 0 Å². The Balaban J connectivity index is 2.83. The van der Waals surface area contributed by atoms with Crippen molar-refractivity contribution in [3.63, 3.8) is 0 Å². The maximum absolute atomic E-state index is 12.0. The number of hydrogen-bond acceptors (Lipinski definition) is 4. The molecule has 0 atom stereocenters. The van der Waals surface area contributed by atoms with Crippen LogP contribution in [-0.2, 0) is 0 Å². The molecule has 0 aliphatic carbocycles. The number of alkyl halides is 3. The van der Waals surface area contributed by atoms with Crippen LogP contribution in [0.4, 0.5) is 24.7 Å². The molecule has 0 radical (unpaired) electrons. The Morgan fingerprint density at radius 2 is 2.18 bits per heavy atom. The Morgan fingerprint density at radius 1 is 1.53 bits per heavy atom. The van der Waals surface area contributed by atoms with Gasteiger partial charge in [0.15, 0.2) is 0 Å². The Hall–Kier alpha value is -1.97. The molecule has 0 saturated carbocycles. The van der Waals surface area contributed by atoms with E-state index in [-0.39, 0.29) is 17.9 Å². The summed E-state index contributed by atoms with van der Waals surface area (Å²) in [6, 6.07) is 3.23. The molecular weight excluding hydrogens is 233 g/mol. The number of anilines is 2. The second kappa shape index (κ2) is 4.91. The molecule has 0 spiro atoms. The van der Waals surface area contributed by atoms with Crippen molar-refractivity contribution in [3.05, 3.63) is 17.8 Å². The highest BCUT2D eigenvalue weighted by Gasteiger charge is 2.27. The van der Waals surface area contributed by atoms with Gasteiger partial charge in [-0.15, -0.1) is 0 Å². The molecule has 1 rings (SSSR count). The number of rotatable bonds is 3. The number of nitrogens with zero attached hydrogens (tertiary/aromatic N) is 3. The van der Waals surface area contributed by atoms with E-state index in [0.717, 1.165) is 0 Å². The average Bonchev–Trinajstić information content (AvgIpc) is 2.24. The molecular formula is C10H11F3N4. The van der Waals surface area contributed by atoms with Crippen LogP contribution in [-0.4, -0.2) is 24.8 Å². The lowest BCUT2D eigenvalue weighted by atomic mass is 10.2. The zero-order chi connectivity index (χ0) is 13.1. The largest absolute Gasteiger partial charge is 0.397 e. The molecule has 0 amide bonds. The number of nitrogens with two attached hydrogens (primary N) is 1. The van der Waals surface area contributed by atoms with E-state index >= 15 is 0 Å². The van der Waals surface area contributed by atoms with Gasteiger partial charge in [-0.3, -0.25) is 0 Å². The first kappa shape index (κ1) is 13.1. The summed E-state index contributed by atoms with van der Waals surface area (Å²) in [6.45, 7) is -0.255. The Bertz CT molecular complexity index is 436. The fraction of sp³-hybridized carbons (Fsp3) is 0.400. The molecule has 0 fully saturated rings. The van der Waals surface area contributed by atoms with E-state index in [1.165, 1.54) is 24.2 Å². The highest BCUT2D eigenvalue weighted by molar-refractivity contribution is 5.58. The highest BCUT2D eigenvalue weighted by Crippen LogP contribution is 2.23. The fourth-order valence-electron chi connectivity index (χ4n) is 1.26. The van der Waals surface area contributed by atoms with Crippen LogP contribution in [0.2, 0.25) is 0 Å². The van der Waals surface area contributed by atoms with Gasteiger partial charge in [0.2, 0.25) is 0 Å². The molecule has 7 heteroatoms. The van der Waals surface area contributed by atoms with Crippen molar-refractivity contribution in [3.8, 4) is 6.07 Å². The standard InChI is InChI=1S/C10H11F3N4/c1-17(3-2-10(11,12)13)9-7(5-14)4-8(15)6-16-9/h4,6H,2-3,15H2,1H3. The van der Waals surface area contributed by atoms with Crippen molar-refractivity contribution in [1.82, 2.24) is 4.98 Å². The van der Waals surface area contributed by atoms with Crippen molar-refractivity contribution in [2.24, 2.45) is 0 Å². The van der Waals surface area contributed by atoms with Crippen LogP contribution < -0.4 is 10.6 Å². The van der Waals surface area contributed by atoms with Gasteiger partial charge >= 0.3 is 6.18 Å². The normalized spacial score (nSPS) is 11.0. The lowest BCUT2D eigenvalue weighted by Gasteiger charge is -2.20. The second-order valence-corrected chi connectivity index (χ2v) is 3.54. The smallest absolute Gasteiger partial charge is 0.390 e. The van der Waals surface area contributed by atoms with Crippen LogP contribution in [0.5, 0.6) is 0 Å². The summed E-state index contributed by atoms with van der Waals surface area (Å²) >= 11 is 0. The van der Waals surface area contributed by atoms with Gasteiger partial charge in [0, 0.05) is 13.6 Å². The van der Waals surface area contributed by atoms with E-state index in [1.807, 2.05) is 6.07 Å². The molecule has 4 nitrogen and oxygen atoms in total. The zero-order valence-corrected chi connectivity index (χ0v) is 9.12. The Labute approximate surface area is 96.5 Å². The van der Waals surface area contributed by atoms with Gasteiger partial charge in [-0.1, -0.05) is 0 Å². The van der Waals surface area contributed by atoms with Crippen molar-refractivity contribution >= 4 is 11.5 Å². The van der Waals surface area contributed by atoms with Crippen LogP contribution in [0.3, 0.4) is 0 Å². The predicted molar refractivity (Wildman–Crippen MR) is 57.3 cm³/mol. The minimum atomic E-state index is -4.23. The van der Waals surface area contributed by atoms with Gasteiger partial charge in [0.25, 0.3) is 0 Å². The summed E-state index contributed by atoms with van der Waals surface area (Å²) in [5.41, 5.74) is 5.90. The molecule has 0 saturated heterocycles. The molecule has 1 aromatic heterocycles. The number of hydrogen-bond donors (Lipinski definition) is 1. The van der Waals surface area contributed by atoms with E-state index in [0.29, 0.717) is 5.69 Å². The minimum absolute atomic E-state index is 0.162. The van der Waals surface area contributed by atoms with Gasteiger partial charge in [-0.05, 0) is 6.07 Å². The van der Waals surface area contributed by atoms with Gasteiger partial charge in [0.05, 0.1) is 23.9 Å². The molecule has 17 heavy (non-hydrogen) atoms.